The molecule has 37 heavy (non-hydrogen) atoms. The van der Waals surface area contributed by atoms with Crippen LogP contribution in [0.1, 0.15) is 75.8 Å². The van der Waals surface area contributed by atoms with E-state index in [-0.39, 0.29) is 5.56 Å². The molecule has 0 spiro atoms. The summed E-state index contributed by atoms with van der Waals surface area (Å²) < 4.78 is 1.68. The van der Waals surface area contributed by atoms with Gasteiger partial charge < -0.3 is 4.90 Å². The number of benzene rings is 1. The molecule has 2 fully saturated rings. The zero-order chi connectivity index (χ0) is 25.8. The van der Waals surface area contributed by atoms with Crippen LogP contribution in [0.15, 0.2) is 59.7 Å². The van der Waals surface area contributed by atoms with E-state index in [0.29, 0.717) is 17.7 Å². The summed E-state index contributed by atoms with van der Waals surface area (Å²) in [6.07, 6.45) is 12.6. The van der Waals surface area contributed by atoms with Gasteiger partial charge >= 0.3 is 0 Å². The molecule has 1 saturated carbocycles. The van der Waals surface area contributed by atoms with Crippen molar-refractivity contribution in [2.24, 2.45) is 7.05 Å². The van der Waals surface area contributed by atoms with Gasteiger partial charge in [0.15, 0.2) is 0 Å². The molecule has 1 atom stereocenters. The maximum Gasteiger partial charge on any atom is 0.255 e. The average molecular weight is 500 g/mol. The Morgan fingerprint density at radius 2 is 1.70 bits per heavy atom. The Labute approximate surface area is 221 Å². The second-order valence-electron chi connectivity index (χ2n) is 11.2. The van der Waals surface area contributed by atoms with Crippen LogP contribution >= 0.6 is 0 Å². The maximum atomic E-state index is 12.8. The number of nitrogens with zero attached hydrogens (tertiary/aromatic N) is 5. The first kappa shape index (κ1) is 25.7. The summed E-state index contributed by atoms with van der Waals surface area (Å²) in [7, 11) is 1.83. The van der Waals surface area contributed by atoms with Crippen molar-refractivity contribution in [3.63, 3.8) is 0 Å². The zero-order valence-electron chi connectivity index (χ0n) is 22.6. The molecule has 1 saturated heterocycles. The van der Waals surface area contributed by atoms with E-state index < -0.39 is 0 Å². The highest BCUT2D eigenvalue weighted by molar-refractivity contribution is 5.59. The number of anilines is 1. The van der Waals surface area contributed by atoms with Crippen LogP contribution in [-0.4, -0.2) is 44.6 Å². The molecule has 1 aliphatic carbocycles. The van der Waals surface area contributed by atoms with E-state index in [0.717, 1.165) is 50.0 Å². The van der Waals surface area contributed by atoms with Gasteiger partial charge in [0.25, 0.3) is 5.56 Å². The minimum atomic E-state index is -0.0315. The smallest absolute Gasteiger partial charge is 0.255 e. The molecule has 1 aromatic carbocycles. The fraction of sp³-hybridized carbons (Fsp3) is 0.516. The van der Waals surface area contributed by atoms with Gasteiger partial charge in [-0.1, -0.05) is 43.5 Å². The van der Waals surface area contributed by atoms with Gasteiger partial charge in [0.05, 0.1) is 5.69 Å². The van der Waals surface area contributed by atoms with E-state index >= 15 is 0 Å². The highest BCUT2D eigenvalue weighted by atomic mass is 16.1. The second kappa shape index (κ2) is 11.6. The third kappa shape index (κ3) is 5.96. The van der Waals surface area contributed by atoms with E-state index in [9.17, 15) is 4.79 Å². The van der Waals surface area contributed by atoms with E-state index in [4.69, 9.17) is 4.98 Å². The highest BCUT2D eigenvalue weighted by Gasteiger charge is 2.26. The topological polar surface area (TPSA) is 54.3 Å². The molecule has 0 radical (unpaired) electrons. The lowest BCUT2D eigenvalue weighted by Crippen LogP contribution is -2.41. The molecule has 3 heterocycles. The van der Waals surface area contributed by atoms with Crippen LogP contribution in [0.25, 0.3) is 11.3 Å². The highest BCUT2D eigenvalue weighted by Crippen LogP contribution is 2.31. The van der Waals surface area contributed by atoms with Crippen LogP contribution in [0.2, 0.25) is 0 Å². The Hall–Kier alpha value is -2.99. The van der Waals surface area contributed by atoms with Crippen molar-refractivity contribution in [2.45, 2.75) is 83.3 Å². The van der Waals surface area contributed by atoms with Gasteiger partial charge in [0.2, 0.25) is 5.95 Å². The molecule has 2 aliphatic rings. The Morgan fingerprint density at radius 1 is 0.973 bits per heavy atom. The van der Waals surface area contributed by atoms with Crippen LogP contribution < -0.4 is 10.5 Å². The van der Waals surface area contributed by atoms with Crippen molar-refractivity contribution in [1.82, 2.24) is 19.4 Å². The first-order valence-electron chi connectivity index (χ1n) is 14.1. The fourth-order valence-electron chi connectivity index (χ4n) is 6.16. The Kier molecular flexibility index (Phi) is 8.04. The van der Waals surface area contributed by atoms with Crippen LogP contribution in [0.5, 0.6) is 0 Å². The average Bonchev–Trinajstić information content (AvgIpc) is 2.94. The van der Waals surface area contributed by atoms with Gasteiger partial charge in [-0.2, -0.15) is 0 Å². The standard InChI is InChI=1S/C31H41N5O/c1-23(2)36(28-9-5-4-6-10-28)21-24-11-13-25(14-12-24)27-8-7-19-35(22-27)31-33-29(20-30(37)34(31)3)26-15-17-32-18-16-26/h11-18,20,23,27-28H,4-10,19,21-22H2,1-3H3. The van der Waals surface area contributed by atoms with Crippen molar-refractivity contribution in [1.29, 1.82) is 0 Å². The molecule has 0 N–H and O–H groups in total. The third-order valence-electron chi connectivity index (χ3n) is 8.31. The van der Waals surface area contributed by atoms with Gasteiger partial charge in [0.1, 0.15) is 0 Å². The first-order chi connectivity index (χ1) is 18.0. The number of aromatic nitrogens is 3. The van der Waals surface area contributed by atoms with Crippen LogP contribution in [0.3, 0.4) is 0 Å². The summed E-state index contributed by atoms with van der Waals surface area (Å²) in [5.74, 6) is 1.18. The number of piperidine rings is 1. The summed E-state index contributed by atoms with van der Waals surface area (Å²) in [5, 5.41) is 0. The van der Waals surface area contributed by atoms with Crippen LogP contribution in [-0.2, 0) is 13.6 Å². The SMILES string of the molecule is CC(C)N(Cc1ccc(C2CCCN(c3nc(-c4ccncc4)cc(=O)n3C)C2)cc1)C1CCCCC1. The largest absolute Gasteiger partial charge is 0.342 e. The van der Waals surface area contributed by atoms with E-state index in [2.05, 4.69) is 52.9 Å². The Morgan fingerprint density at radius 3 is 2.41 bits per heavy atom. The predicted octanol–water partition coefficient (Wildman–Crippen LogP) is 5.77. The summed E-state index contributed by atoms with van der Waals surface area (Å²) in [5.41, 5.74) is 4.39. The molecule has 6 nitrogen and oxygen atoms in total. The van der Waals surface area contributed by atoms with E-state index in [1.807, 2.05) is 19.2 Å². The van der Waals surface area contributed by atoms with Crippen molar-refractivity contribution in [2.75, 3.05) is 18.0 Å². The monoisotopic (exact) mass is 499 g/mol. The lowest BCUT2D eigenvalue weighted by atomic mass is 9.90. The third-order valence-corrected chi connectivity index (χ3v) is 8.31. The molecule has 1 unspecified atom stereocenters. The molecular weight excluding hydrogens is 458 g/mol. The normalized spacial score (nSPS) is 19.1. The molecule has 1 aliphatic heterocycles. The molecule has 0 bridgehead atoms. The molecule has 0 amide bonds. The Balaban J connectivity index is 1.31. The van der Waals surface area contributed by atoms with Gasteiger partial charge in [-0.05, 0) is 62.8 Å². The number of pyridine rings is 1. The number of hydrogen-bond donors (Lipinski definition) is 0. The van der Waals surface area contributed by atoms with Crippen molar-refractivity contribution in [3.8, 4) is 11.3 Å². The van der Waals surface area contributed by atoms with Gasteiger partial charge in [-0.25, -0.2) is 4.98 Å². The Bertz CT molecular complexity index is 1210. The zero-order valence-corrected chi connectivity index (χ0v) is 22.6. The molecule has 2 aromatic heterocycles. The van der Waals surface area contributed by atoms with Gasteiger partial charge in [-0.15, -0.1) is 0 Å². The van der Waals surface area contributed by atoms with E-state index in [1.165, 1.54) is 43.2 Å². The van der Waals surface area contributed by atoms with Crippen LogP contribution in [0, 0.1) is 0 Å². The maximum absolute atomic E-state index is 12.8. The van der Waals surface area contributed by atoms with Crippen molar-refractivity contribution >= 4 is 5.95 Å². The summed E-state index contributed by atoms with van der Waals surface area (Å²) in [4.78, 5) is 26.8. The minimum absolute atomic E-state index is 0.0315. The lowest BCUT2D eigenvalue weighted by Gasteiger charge is -2.37. The molecule has 5 rings (SSSR count). The number of rotatable bonds is 7. The predicted molar refractivity (Wildman–Crippen MR) is 151 cm³/mol. The quantitative estimate of drug-likeness (QED) is 0.413. The molecule has 3 aromatic rings. The second-order valence-corrected chi connectivity index (χ2v) is 11.2. The first-order valence-corrected chi connectivity index (χ1v) is 14.1. The number of hydrogen-bond acceptors (Lipinski definition) is 5. The molecular formula is C31H41N5O. The summed E-state index contributed by atoms with van der Waals surface area (Å²) in [6.45, 7) is 7.50. The lowest BCUT2D eigenvalue weighted by molar-refractivity contribution is 0.112. The minimum Gasteiger partial charge on any atom is -0.342 e. The summed E-state index contributed by atoms with van der Waals surface area (Å²) >= 11 is 0. The van der Waals surface area contributed by atoms with Crippen molar-refractivity contribution < 1.29 is 0 Å². The van der Waals surface area contributed by atoms with Crippen LogP contribution in [0.4, 0.5) is 5.95 Å². The van der Waals surface area contributed by atoms with Crippen molar-refractivity contribution in [3.05, 3.63) is 76.3 Å². The molecule has 6 heteroatoms. The van der Waals surface area contributed by atoms with Gasteiger partial charge in [-0.3, -0.25) is 19.2 Å². The summed E-state index contributed by atoms with van der Waals surface area (Å²) in [6, 6.07) is 16.1. The van der Waals surface area contributed by atoms with Gasteiger partial charge in [0, 0.05) is 68.7 Å². The van der Waals surface area contributed by atoms with E-state index in [1.54, 1.807) is 23.0 Å². The molecule has 196 valence electrons. The fourth-order valence-corrected chi connectivity index (χ4v) is 6.16.